The molecule has 3 rings (SSSR count). The van der Waals surface area contributed by atoms with Crippen LogP contribution in [-0.4, -0.2) is 47.0 Å². The van der Waals surface area contributed by atoms with Gasteiger partial charge in [0.05, 0.1) is 17.8 Å². The van der Waals surface area contributed by atoms with E-state index in [4.69, 9.17) is 14.2 Å². The second-order valence-electron chi connectivity index (χ2n) is 11.6. The van der Waals surface area contributed by atoms with Crippen molar-refractivity contribution in [2.75, 3.05) is 6.61 Å². The van der Waals surface area contributed by atoms with Gasteiger partial charge in [0.15, 0.2) is 0 Å². The third-order valence-electron chi connectivity index (χ3n) is 5.72. The molecule has 0 aliphatic carbocycles. The highest BCUT2D eigenvalue weighted by Gasteiger charge is 2.23. The first-order valence-corrected chi connectivity index (χ1v) is 16.4. The van der Waals surface area contributed by atoms with Gasteiger partial charge in [-0.25, -0.2) is 9.78 Å². The molecular formula is C28H39N3O6Si. The molecule has 3 aromatic rings. The maximum absolute atomic E-state index is 12.3. The number of alkyl carbamates (subject to hydrolysis) is 1. The topological polar surface area (TPSA) is 112 Å². The number of aliphatic carboxylic acids is 1. The van der Waals surface area contributed by atoms with Crippen molar-refractivity contribution in [3.63, 3.8) is 0 Å². The van der Waals surface area contributed by atoms with Crippen LogP contribution in [-0.2, 0) is 21.0 Å². The van der Waals surface area contributed by atoms with Gasteiger partial charge in [0.25, 0.3) is 0 Å². The molecule has 0 saturated carbocycles. The zero-order valence-corrected chi connectivity index (χ0v) is 24.3. The third-order valence-corrected chi connectivity index (χ3v) is 7.42. The molecule has 0 bridgehead atoms. The molecule has 10 heteroatoms. The predicted molar refractivity (Wildman–Crippen MR) is 149 cm³/mol. The summed E-state index contributed by atoms with van der Waals surface area (Å²) in [5, 5.41) is 12.9. The Labute approximate surface area is 225 Å². The second kappa shape index (κ2) is 12.0. The third kappa shape index (κ3) is 8.59. The maximum atomic E-state index is 12.3. The highest BCUT2D eigenvalue weighted by atomic mass is 28.3. The zero-order chi connectivity index (χ0) is 28.1. The lowest BCUT2D eigenvalue weighted by Crippen LogP contribution is -2.35. The van der Waals surface area contributed by atoms with Crippen LogP contribution >= 0.6 is 0 Å². The van der Waals surface area contributed by atoms with E-state index in [0.717, 1.165) is 29.2 Å². The number of aromatic nitrogens is 2. The van der Waals surface area contributed by atoms with Gasteiger partial charge in [-0.2, -0.15) is 0 Å². The van der Waals surface area contributed by atoms with Crippen LogP contribution < -0.4 is 10.1 Å². The number of amides is 1. The van der Waals surface area contributed by atoms with Crippen molar-refractivity contribution in [1.82, 2.24) is 14.9 Å². The Kier molecular flexibility index (Phi) is 9.21. The summed E-state index contributed by atoms with van der Waals surface area (Å²) in [4.78, 5) is 28.2. The lowest BCUT2D eigenvalue weighted by Gasteiger charge is -2.23. The van der Waals surface area contributed by atoms with Crippen molar-refractivity contribution in [2.24, 2.45) is 0 Å². The average Bonchev–Trinajstić information content (AvgIpc) is 3.11. The summed E-state index contributed by atoms with van der Waals surface area (Å²) in [6, 6.07) is 9.14. The highest BCUT2D eigenvalue weighted by Crippen LogP contribution is 2.33. The predicted octanol–water partition coefficient (Wildman–Crippen LogP) is 6.49. The number of rotatable bonds is 11. The molecule has 0 aliphatic heterocycles. The standard InChI is InChI=1S/C28H39N3O6Si/c1-19-17-31(18-35-14-15-38(5,6)7)26-25(19)23(12-13-29-26)36-21-10-8-20(9-11-21)22(16-24(32)33)30-27(34)37-28(2,3)4/h8-13,17,22H,14-16,18H2,1-7H3,(H,30,34)(H,32,33). The first kappa shape index (κ1) is 29.2. The fraction of sp³-hybridized carbons (Fsp3) is 0.464. The van der Waals surface area contributed by atoms with Crippen LogP contribution in [0.2, 0.25) is 25.7 Å². The summed E-state index contributed by atoms with van der Waals surface area (Å²) < 4.78 is 19.4. The molecule has 2 N–H and O–H groups in total. The van der Waals surface area contributed by atoms with Crippen LogP contribution in [0.1, 0.15) is 44.4 Å². The van der Waals surface area contributed by atoms with Crippen molar-refractivity contribution in [2.45, 2.75) is 78.2 Å². The van der Waals surface area contributed by atoms with Crippen LogP contribution in [0.3, 0.4) is 0 Å². The Bertz CT molecular complexity index is 1260. The van der Waals surface area contributed by atoms with E-state index in [0.29, 0.717) is 23.8 Å². The van der Waals surface area contributed by atoms with Gasteiger partial charge in [-0.15, -0.1) is 0 Å². The van der Waals surface area contributed by atoms with Crippen molar-refractivity contribution >= 4 is 31.2 Å². The largest absolute Gasteiger partial charge is 0.481 e. The summed E-state index contributed by atoms with van der Waals surface area (Å²) in [6.07, 6.45) is 2.77. The maximum Gasteiger partial charge on any atom is 0.408 e. The number of aryl methyl sites for hydroxylation is 1. The van der Waals surface area contributed by atoms with E-state index in [1.54, 1.807) is 51.2 Å². The van der Waals surface area contributed by atoms with Gasteiger partial charge in [0, 0.05) is 27.1 Å². The quantitative estimate of drug-likeness (QED) is 0.211. The number of carbonyl (C=O) groups is 2. The van der Waals surface area contributed by atoms with Gasteiger partial charge in [0.2, 0.25) is 0 Å². The molecule has 0 saturated heterocycles. The molecule has 0 fully saturated rings. The van der Waals surface area contributed by atoms with E-state index in [1.807, 2.05) is 23.8 Å². The number of carbonyl (C=O) groups excluding carboxylic acids is 1. The molecule has 0 spiro atoms. The summed E-state index contributed by atoms with van der Waals surface area (Å²) >= 11 is 0. The number of carboxylic acid groups (broad SMARTS) is 1. The molecule has 9 nitrogen and oxygen atoms in total. The van der Waals surface area contributed by atoms with E-state index in [1.165, 1.54) is 0 Å². The summed E-state index contributed by atoms with van der Waals surface area (Å²) in [6.45, 7) is 15.4. The van der Waals surface area contributed by atoms with Gasteiger partial charge >= 0.3 is 12.1 Å². The summed E-state index contributed by atoms with van der Waals surface area (Å²) in [7, 11) is -1.16. The molecule has 38 heavy (non-hydrogen) atoms. The molecule has 0 aliphatic rings. The van der Waals surface area contributed by atoms with Crippen LogP contribution in [0.4, 0.5) is 4.79 Å². The Balaban J connectivity index is 1.75. The first-order chi connectivity index (χ1) is 17.7. The fourth-order valence-electron chi connectivity index (χ4n) is 3.88. The minimum absolute atomic E-state index is 0.281. The first-order valence-electron chi connectivity index (χ1n) is 12.7. The smallest absolute Gasteiger partial charge is 0.408 e. The lowest BCUT2D eigenvalue weighted by molar-refractivity contribution is -0.137. The normalized spacial score (nSPS) is 12.8. The van der Waals surface area contributed by atoms with Crippen LogP contribution in [0.15, 0.2) is 42.7 Å². The van der Waals surface area contributed by atoms with Gasteiger partial charge in [-0.05, 0) is 63.1 Å². The van der Waals surface area contributed by atoms with Crippen LogP contribution in [0.25, 0.3) is 11.0 Å². The number of benzene rings is 1. The summed E-state index contributed by atoms with van der Waals surface area (Å²) in [5.41, 5.74) is 1.75. The molecule has 1 atom stereocenters. The Morgan fingerprint density at radius 2 is 1.82 bits per heavy atom. The number of pyridine rings is 1. The molecule has 1 amide bonds. The van der Waals surface area contributed by atoms with E-state index in [2.05, 4.69) is 29.9 Å². The number of nitrogens with zero attached hydrogens (tertiary/aromatic N) is 2. The highest BCUT2D eigenvalue weighted by molar-refractivity contribution is 6.76. The van der Waals surface area contributed by atoms with Gasteiger partial charge < -0.3 is 29.2 Å². The number of nitrogens with one attached hydrogen (secondary N) is 1. The SMILES string of the molecule is Cc1cn(COCC[Si](C)(C)C)c2nccc(Oc3ccc(C(CC(=O)O)NC(=O)OC(C)(C)C)cc3)c12. The number of hydrogen-bond acceptors (Lipinski definition) is 6. The Morgan fingerprint density at radius 3 is 2.42 bits per heavy atom. The van der Waals surface area contributed by atoms with Gasteiger partial charge in [0.1, 0.15) is 29.5 Å². The molecular weight excluding hydrogens is 502 g/mol. The lowest BCUT2D eigenvalue weighted by atomic mass is 10.0. The van der Waals surface area contributed by atoms with Crippen molar-refractivity contribution in [1.29, 1.82) is 0 Å². The van der Waals surface area contributed by atoms with Crippen LogP contribution in [0.5, 0.6) is 11.5 Å². The van der Waals surface area contributed by atoms with Crippen molar-refractivity contribution in [3.05, 3.63) is 53.9 Å². The molecule has 1 aromatic carbocycles. The van der Waals surface area contributed by atoms with Crippen LogP contribution in [0, 0.1) is 6.92 Å². The molecule has 2 aromatic heterocycles. The zero-order valence-electron chi connectivity index (χ0n) is 23.3. The number of hydrogen-bond donors (Lipinski definition) is 2. The molecule has 0 radical (unpaired) electrons. The van der Waals surface area contributed by atoms with Gasteiger partial charge in [-0.3, -0.25) is 4.79 Å². The molecule has 1 unspecified atom stereocenters. The number of ether oxygens (including phenoxy) is 3. The Hall–Kier alpha value is -3.37. The second-order valence-corrected chi connectivity index (χ2v) is 17.2. The van der Waals surface area contributed by atoms with E-state index < -0.39 is 31.8 Å². The molecule has 206 valence electrons. The number of carboxylic acids is 1. The van der Waals surface area contributed by atoms with Crippen molar-refractivity contribution in [3.8, 4) is 11.5 Å². The van der Waals surface area contributed by atoms with E-state index in [-0.39, 0.29) is 6.42 Å². The minimum Gasteiger partial charge on any atom is -0.481 e. The monoisotopic (exact) mass is 541 g/mol. The Morgan fingerprint density at radius 1 is 1.13 bits per heavy atom. The number of fused-ring (bicyclic) bond motifs is 1. The summed E-state index contributed by atoms with van der Waals surface area (Å²) in [5.74, 6) is 0.205. The van der Waals surface area contributed by atoms with Crippen molar-refractivity contribution < 1.29 is 28.9 Å². The van der Waals surface area contributed by atoms with Gasteiger partial charge in [-0.1, -0.05) is 31.8 Å². The fourth-order valence-corrected chi connectivity index (χ4v) is 4.63. The average molecular weight is 542 g/mol. The molecule has 2 heterocycles. The minimum atomic E-state index is -1.16. The van der Waals surface area contributed by atoms with E-state index >= 15 is 0 Å². The van der Waals surface area contributed by atoms with E-state index in [9.17, 15) is 14.7 Å².